The molecule has 0 aromatic heterocycles. The standard InChI is InChI=1S/C22H25NO3/c1-23-17-12-13-18(23)20(21(24)15-8-4-2-5-9-15)19(14-17)26-22(25)16-10-6-3-7-11-16/h2-11,17-21,24H,12-14H2,1H3. The second-order valence-corrected chi connectivity index (χ2v) is 7.44. The number of hydrogen-bond acceptors (Lipinski definition) is 4. The third-order valence-corrected chi connectivity index (χ3v) is 6.05. The molecule has 2 aliphatic heterocycles. The maximum Gasteiger partial charge on any atom is 0.338 e. The minimum absolute atomic E-state index is 0.117. The molecular formula is C22H25NO3. The number of rotatable bonds is 4. The van der Waals surface area contributed by atoms with Crippen molar-refractivity contribution >= 4 is 5.97 Å². The molecule has 0 saturated carbocycles. The predicted molar refractivity (Wildman–Crippen MR) is 99.7 cm³/mol. The quantitative estimate of drug-likeness (QED) is 0.858. The Kier molecular flexibility index (Phi) is 4.79. The summed E-state index contributed by atoms with van der Waals surface area (Å²) in [5.74, 6) is -0.418. The van der Waals surface area contributed by atoms with Gasteiger partial charge in [-0.25, -0.2) is 4.79 Å². The van der Waals surface area contributed by atoms with E-state index in [1.54, 1.807) is 12.1 Å². The third-order valence-electron chi connectivity index (χ3n) is 6.05. The van der Waals surface area contributed by atoms with E-state index >= 15 is 0 Å². The molecule has 2 aromatic carbocycles. The first-order valence-corrected chi connectivity index (χ1v) is 9.36. The van der Waals surface area contributed by atoms with E-state index in [-0.39, 0.29) is 24.0 Å². The number of fused-ring (bicyclic) bond motifs is 2. The number of carbonyl (C=O) groups is 1. The molecule has 5 atom stereocenters. The van der Waals surface area contributed by atoms with Crippen LogP contribution in [0.25, 0.3) is 0 Å². The molecule has 4 nitrogen and oxygen atoms in total. The molecule has 1 N–H and O–H groups in total. The lowest BCUT2D eigenvalue weighted by atomic mass is 9.80. The number of aliphatic hydroxyl groups is 1. The molecule has 2 bridgehead atoms. The average molecular weight is 351 g/mol. The molecule has 0 radical (unpaired) electrons. The Labute approximate surface area is 154 Å². The summed E-state index contributed by atoms with van der Waals surface area (Å²) in [5.41, 5.74) is 1.45. The predicted octanol–water partition coefficient (Wildman–Crippen LogP) is 3.43. The number of esters is 1. The molecule has 26 heavy (non-hydrogen) atoms. The summed E-state index contributed by atoms with van der Waals surface area (Å²) in [4.78, 5) is 15.0. The first-order chi connectivity index (χ1) is 12.6. The lowest BCUT2D eigenvalue weighted by Crippen LogP contribution is -2.52. The van der Waals surface area contributed by atoms with E-state index in [0.29, 0.717) is 11.6 Å². The molecule has 5 unspecified atom stereocenters. The van der Waals surface area contributed by atoms with Gasteiger partial charge in [0.25, 0.3) is 0 Å². The normalized spacial score (nSPS) is 29.3. The zero-order valence-corrected chi connectivity index (χ0v) is 15.0. The van der Waals surface area contributed by atoms with Gasteiger partial charge in [-0.1, -0.05) is 48.5 Å². The number of carbonyl (C=O) groups excluding carboxylic acids is 1. The second kappa shape index (κ2) is 7.22. The molecule has 2 heterocycles. The number of ether oxygens (including phenoxy) is 1. The van der Waals surface area contributed by atoms with Gasteiger partial charge in [0.15, 0.2) is 0 Å². The topological polar surface area (TPSA) is 49.8 Å². The van der Waals surface area contributed by atoms with Crippen LogP contribution in [0.4, 0.5) is 0 Å². The second-order valence-electron chi connectivity index (χ2n) is 7.44. The smallest absolute Gasteiger partial charge is 0.338 e. The molecule has 4 rings (SSSR count). The maximum atomic E-state index is 12.6. The zero-order valence-electron chi connectivity index (χ0n) is 15.0. The largest absolute Gasteiger partial charge is 0.458 e. The van der Waals surface area contributed by atoms with Crippen LogP contribution in [0.15, 0.2) is 60.7 Å². The Morgan fingerprint density at radius 2 is 1.73 bits per heavy atom. The van der Waals surface area contributed by atoms with Crippen molar-refractivity contribution in [2.45, 2.75) is 43.6 Å². The fourth-order valence-corrected chi connectivity index (χ4v) is 4.65. The molecule has 2 saturated heterocycles. The highest BCUT2D eigenvalue weighted by Gasteiger charge is 2.50. The van der Waals surface area contributed by atoms with Gasteiger partial charge < -0.3 is 9.84 Å². The molecule has 0 amide bonds. The molecule has 0 spiro atoms. The van der Waals surface area contributed by atoms with Gasteiger partial charge in [-0.05, 0) is 37.6 Å². The van der Waals surface area contributed by atoms with Gasteiger partial charge >= 0.3 is 5.97 Å². The monoisotopic (exact) mass is 351 g/mol. The van der Waals surface area contributed by atoms with Crippen LogP contribution in [0.3, 0.4) is 0 Å². The van der Waals surface area contributed by atoms with Gasteiger partial charge in [0.2, 0.25) is 0 Å². The summed E-state index contributed by atoms with van der Waals surface area (Å²) >= 11 is 0. The van der Waals surface area contributed by atoms with Crippen molar-refractivity contribution in [2.75, 3.05) is 7.05 Å². The fraction of sp³-hybridized carbons (Fsp3) is 0.409. The van der Waals surface area contributed by atoms with Gasteiger partial charge in [-0.3, -0.25) is 4.90 Å². The molecule has 2 aliphatic rings. The highest BCUT2D eigenvalue weighted by molar-refractivity contribution is 5.89. The number of piperidine rings is 1. The van der Waals surface area contributed by atoms with Crippen LogP contribution in [0.1, 0.15) is 41.3 Å². The van der Waals surface area contributed by atoms with Gasteiger partial charge in [-0.2, -0.15) is 0 Å². The molecule has 2 fully saturated rings. The van der Waals surface area contributed by atoms with E-state index in [0.717, 1.165) is 24.8 Å². The van der Waals surface area contributed by atoms with E-state index in [1.165, 1.54) is 0 Å². The van der Waals surface area contributed by atoms with Crippen LogP contribution in [0, 0.1) is 5.92 Å². The minimum atomic E-state index is -0.642. The van der Waals surface area contributed by atoms with Crippen molar-refractivity contribution < 1.29 is 14.6 Å². The van der Waals surface area contributed by atoms with Crippen LogP contribution in [0.2, 0.25) is 0 Å². The molecule has 136 valence electrons. The first kappa shape index (κ1) is 17.3. The van der Waals surface area contributed by atoms with Gasteiger partial charge in [-0.15, -0.1) is 0 Å². The van der Waals surface area contributed by atoms with E-state index < -0.39 is 6.10 Å². The van der Waals surface area contributed by atoms with E-state index in [4.69, 9.17) is 4.74 Å². The summed E-state index contributed by atoms with van der Waals surface area (Å²) in [5, 5.41) is 11.1. The van der Waals surface area contributed by atoms with Gasteiger partial charge in [0.05, 0.1) is 11.7 Å². The van der Waals surface area contributed by atoms with Crippen molar-refractivity contribution in [1.82, 2.24) is 4.90 Å². The molecular weight excluding hydrogens is 326 g/mol. The van der Waals surface area contributed by atoms with Crippen LogP contribution >= 0.6 is 0 Å². The SMILES string of the molecule is CN1C2CCC1C(C(O)c1ccccc1)C(OC(=O)c1ccccc1)C2. The Morgan fingerprint density at radius 1 is 1.08 bits per heavy atom. The summed E-state index contributed by atoms with van der Waals surface area (Å²) in [6, 6.07) is 19.5. The molecule has 2 aromatic rings. The van der Waals surface area contributed by atoms with Crippen molar-refractivity contribution in [2.24, 2.45) is 5.92 Å². The summed E-state index contributed by atoms with van der Waals surface area (Å²) in [7, 11) is 2.13. The van der Waals surface area contributed by atoms with Gasteiger partial charge in [0, 0.05) is 24.4 Å². The first-order valence-electron chi connectivity index (χ1n) is 9.36. The number of hydrogen-bond donors (Lipinski definition) is 1. The minimum Gasteiger partial charge on any atom is -0.458 e. The maximum absolute atomic E-state index is 12.6. The molecule has 0 aliphatic carbocycles. The Bertz CT molecular complexity index is 748. The van der Waals surface area contributed by atoms with Crippen LogP contribution < -0.4 is 0 Å². The lowest BCUT2D eigenvalue weighted by molar-refractivity contribution is -0.0777. The molecule has 4 heteroatoms. The number of benzene rings is 2. The lowest BCUT2D eigenvalue weighted by Gasteiger charge is -2.44. The third kappa shape index (κ3) is 3.15. The van der Waals surface area contributed by atoms with Crippen molar-refractivity contribution in [3.63, 3.8) is 0 Å². The van der Waals surface area contributed by atoms with E-state index in [9.17, 15) is 9.90 Å². The Balaban J connectivity index is 1.60. The number of nitrogens with zero attached hydrogens (tertiary/aromatic N) is 1. The summed E-state index contributed by atoms with van der Waals surface area (Å²) in [6.07, 6.45) is 2.00. The fourth-order valence-electron chi connectivity index (χ4n) is 4.65. The van der Waals surface area contributed by atoms with E-state index in [2.05, 4.69) is 11.9 Å². The van der Waals surface area contributed by atoms with E-state index in [1.807, 2.05) is 48.5 Å². The van der Waals surface area contributed by atoms with Gasteiger partial charge in [0.1, 0.15) is 6.10 Å². The van der Waals surface area contributed by atoms with Crippen LogP contribution in [-0.2, 0) is 4.74 Å². The average Bonchev–Trinajstić information content (AvgIpc) is 2.92. The van der Waals surface area contributed by atoms with Crippen molar-refractivity contribution in [1.29, 1.82) is 0 Å². The Morgan fingerprint density at radius 3 is 2.42 bits per heavy atom. The zero-order chi connectivity index (χ0) is 18.1. The summed E-state index contributed by atoms with van der Waals surface area (Å²) < 4.78 is 5.94. The Hall–Kier alpha value is -2.17. The van der Waals surface area contributed by atoms with Crippen molar-refractivity contribution in [3.8, 4) is 0 Å². The summed E-state index contributed by atoms with van der Waals surface area (Å²) in [6.45, 7) is 0. The number of aliphatic hydroxyl groups excluding tert-OH is 1. The van der Waals surface area contributed by atoms with Crippen LogP contribution in [-0.4, -0.2) is 41.2 Å². The van der Waals surface area contributed by atoms with Crippen molar-refractivity contribution in [3.05, 3.63) is 71.8 Å². The highest BCUT2D eigenvalue weighted by Crippen LogP contribution is 2.44. The van der Waals surface area contributed by atoms with Crippen LogP contribution in [0.5, 0.6) is 0 Å². The highest BCUT2D eigenvalue weighted by atomic mass is 16.5.